The minimum Gasteiger partial charge on any atom is -0.348 e. The molecule has 0 aromatic heterocycles. The lowest BCUT2D eigenvalue weighted by molar-refractivity contribution is -0.120. The summed E-state index contributed by atoms with van der Waals surface area (Å²) in [5.74, 6) is -0.403. The number of halogens is 1. The Morgan fingerprint density at radius 2 is 1.60 bits per heavy atom. The molecule has 3 aromatic rings. The van der Waals surface area contributed by atoms with Crippen LogP contribution in [0.3, 0.4) is 0 Å². The number of nitrogens with one attached hydrogen (secondary N) is 1. The zero-order valence-electron chi connectivity index (χ0n) is 16.7. The Bertz CT molecular complexity index is 1120. The van der Waals surface area contributed by atoms with Gasteiger partial charge in [-0.2, -0.15) is 0 Å². The van der Waals surface area contributed by atoms with Crippen LogP contribution in [0.25, 0.3) is 0 Å². The van der Waals surface area contributed by atoms with Gasteiger partial charge < -0.3 is 5.32 Å². The standard InChI is InChI=1S/C23H23ClN2O3S/c1-17-15-20(24)13-14-22(17)26(30(28,29)21-11-7-4-8-12-21)16-23(27)25-18(2)19-9-5-3-6-10-19/h3-15,18H,16H2,1-2H3,(H,25,27)/t18-/m1/s1. The number of benzene rings is 3. The van der Waals surface area contributed by atoms with E-state index in [2.05, 4.69) is 5.32 Å². The second-order valence-corrected chi connectivity index (χ2v) is 9.25. The predicted octanol–water partition coefficient (Wildman–Crippen LogP) is 4.72. The van der Waals surface area contributed by atoms with Gasteiger partial charge in [0.2, 0.25) is 5.91 Å². The smallest absolute Gasteiger partial charge is 0.264 e. The van der Waals surface area contributed by atoms with Crippen molar-refractivity contribution in [1.82, 2.24) is 5.32 Å². The lowest BCUT2D eigenvalue weighted by Crippen LogP contribution is -2.41. The van der Waals surface area contributed by atoms with Gasteiger partial charge in [0.05, 0.1) is 16.6 Å². The second kappa shape index (κ2) is 9.32. The van der Waals surface area contributed by atoms with Crippen molar-refractivity contribution in [1.29, 1.82) is 0 Å². The topological polar surface area (TPSA) is 66.5 Å². The molecule has 5 nitrogen and oxygen atoms in total. The molecule has 0 radical (unpaired) electrons. The molecule has 1 atom stereocenters. The first-order valence-corrected chi connectivity index (χ1v) is 11.3. The van der Waals surface area contributed by atoms with Gasteiger partial charge in [-0.1, -0.05) is 60.1 Å². The van der Waals surface area contributed by atoms with Crippen LogP contribution in [0.5, 0.6) is 0 Å². The summed E-state index contributed by atoms with van der Waals surface area (Å²) in [4.78, 5) is 12.9. The number of hydrogen-bond acceptors (Lipinski definition) is 3. The van der Waals surface area contributed by atoms with Crippen LogP contribution in [0.15, 0.2) is 83.8 Å². The Balaban J connectivity index is 1.93. The van der Waals surface area contributed by atoms with Crippen LogP contribution in [-0.2, 0) is 14.8 Å². The van der Waals surface area contributed by atoms with Crippen LogP contribution in [0.1, 0.15) is 24.1 Å². The number of hydrogen-bond donors (Lipinski definition) is 1. The number of sulfonamides is 1. The van der Waals surface area contributed by atoms with Gasteiger partial charge in [0.25, 0.3) is 10.0 Å². The molecule has 0 saturated carbocycles. The fraction of sp³-hybridized carbons (Fsp3) is 0.174. The first-order chi connectivity index (χ1) is 14.3. The zero-order chi connectivity index (χ0) is 21.7. The Labute approximate surface area is 182 Å². The zero-order valence-corrected chi connectivity index (χ0v) is 18.3. The molecule has 0 aliphatic rings. The molecule has 0 aliphatic carbocycles. The molecule has 1 amide bonds. The van der Waals surface area contributed by atoms with Crippen LogP contribution < -0.4 is 9.62 Å². The molecule has 1 N–H and O–H groups in total. The third kappa shape index (κ3) is 5.01. The minimum absolute atomic E-state index is 0.114. The van der Waals surface area contributed by atoms with E-state index in [1.54, 1.807) is 43.3 Å². The van der Waals surface area contributed by atoms with Crippen LogP contribution in [0.2, 0.25) is 5.02 Å². The molecular weight excluding hydrogens is 420 g/mol. The number of aryl methyl sites for hydroxylation is 1. The van der Waals surface area contributed by atoms with E-state index in [4.69, 9.17) is 11.6 Å². The molecule has 0 bridgehead atoms. The maximum absolute atomic E-state index is 13.4. The number of carbonyl (C=O) groups is 1. The van der Waals surface area contributed by atoms with Gasteiger partial charge in [-0.05, 0) is 55.3 Å². The highest BCUT2D eigenvalue weighted by molar-refractivity contribution is 7.92. The van der Waals surface area contributed by atoms with Crippen molar-refractivity contribution in [2.45, 2.75) is 24.8 Å². The third-order valence-corrected chi connectivity index (χ3v) is 6.73. The maximum Gasteiger partial charge on any atom is 0.264 e. The number of anilines is 1. The Morgan fingerprint density at radius 1 is 1.00 bits per heavy atom. The Kier molecular flexibility index (Phi) is 6.80. The predicted molar refractivity (Wildman–Crippen MR) is 120 cm³/mol. The van der Waals surface area contributed by atoms with Gasteiger partial charge in [-0.3, -0.25) is 9.10 Å². The lowest BCUT2D eigenvalue weighted by Gasteiger charge is -2.26. The summed E-state index contributed by atoms with van der Waals surface area (Å²) in [5.41, 5.74) is 2.00. The van der Waals surface area contributed by atoms with E-state index in [9.17, 15) is 13.2 Å². The van der Waals surface area contributed by atoms with Crippen LogP contribution in [0.4, 0.5) is 5.69 Å². The van der Waals surface area contributed by atoms with Crippen LogP contribution in [-0.4, -0.2) is 20.9 Å². The SMILES string of the molecule is Cc1cc(Cl)ccc1N(CC(=O)N[C@H](C)c1ccccc1)S(=O)(=O)c1ccccc1. The fourth-order valence-corrected chi connectivity index (χ4v) is 4.89. The average Bonchev–Trinajstić information content (AvgIpc) is 2.73. The summed E-state index contributed by atoms with van der Waals surface area (Å²) in [6.45, 7) is 3.27. The van der Waals surface area contributed by atoms with Crippen molar-refractivity contribution in [3.05, 3.63) is 95.0 Å². The fourth-order valence-electron chi connectivity index (χ4n) is 3.16. The maximum atomic E-state index is 13.4. The molecule has 7 heteroatoms. The first kappa shape index (κ1) is 21.9. The normalized spacial score (nSPS) is 12.2. The molecule has 0 heterocycles. The quantitative estimate of drug-likeness (QED) is 0.575. The van der Waals surface area contributed by atoms with Crippen LogP contribution >= 0.6 is 11.6 Å². The summed E-state index contributed by atoms with van der Waals surface area (Å²) >= 11 is 6.05. The van der Waals surface area contributed by atoms with Gasteiger partial charge in [-0.25, -0.2) is 8.42 Å². The molecule has 3 aromatic carbocycles. The van der Waals surface area contributed by atoms with E-state index in [-0.39, 0.29) is 17.5 Å². The molecule has 0 saturated heterocycles. The molecule has 0 unspecified atom stereocenters. The molecular formula is C23H23ClN2O3S. The van der Waals surface area contributed by atoms with Gasteiger partial charge in [0, 0.05) is 5.02 Å². The number of amides is 1. The van der Waals surface area contributed by atoms with Crippen molar-refractivity contribution in [3.8, 4) is 0 Å². The van der Waals surface area contributed by atoms with Crippen molar-refractivity contribution in [2.24, 2.45) is 0 Å². The Morgan fingerprint density at radius 3 is 2.20 bits per heavy atom. The Hall–Kier alpha value is -2.83. The van der Waals surface area contributed by atoms with E-state index in [1.165, 1.54) is 12.1 Å². The highest BCUT2D eigenvalue weighted by atomic mass is 35.5. The van der Waals surface area contributed by atoms with Crippen LogP contribution in [0, 0.1) is 6.92 Å². The van der Waals surface area contributed by atoms with E-state index in [0.717, 1.165) is 9.87 Å². The highest BCUT2D eigenvalue weighted by Crippen LogP contribution is 2.29. The van der Waals surface area contributed by atoms with E-state index >= 15 is 0 Å². The highest BCUT2D eigenvalue weighted by Gasteiger charge is 2.28. The third-order valence-electron chi connectivity index (χ3n) is 4.72. The average molecular weight is 443 g/mol. The summed E-state index contributed by atoms with van der Waals surface area (Å²) in [7, 11) is -3.96. The molecule has 0 spiro atoms. The van der Waals surface area contributed by atoms with Crippen molar-refractivity contribution >= 4 is 33.2 Å². The minimum atomic E-state index is -3.96. The van der Waals surface area contributed by atoms with Crippen molar-refractivity contribution < 1.29 is 13.2 Å². The number of rotatable bonds is 7. The summed E-state index contributed by atoms with van der Waals surface area (Å²) < 4.78 is 27.9. The lowest BCUT2D eigenvalue weighted by atomic mass is 10.1. The monoisotopic (exact) mass is 442 g/mol. The van der Waals surface area contributed by atoms with E-state index in [0.29, 0.717) is 16.3 Å². The second-order valence-electron chi connectivity index (χ2n) is 6.96. The molecule has 156 valence electrons. The largest absolute Gasteiger partial charge is 0.348 e. The van der Waals surface area contributed by atoms with Gasteiger partial charge in [0.1, 0.15) is 6.54 Å². The van der Waals surface area contributed by atoms with E-state index in [1.807, 2.05) is 37.3 Å². The molecule has 0 fully saturated rings. The first-order valence-electron chi connectivity index (χ1n) is 9.47. The summed E-state index contributed by atoms with van der Waals surface area (Å²) in [6.07, 6.45) is 0. The van der Waals surface area contributed by atoms with Gasteiger partial charge >= 0.3 is 0 Å². The summed E-state index contributed by atoms with van der Waals surface area (Å²) in [6, 6.07) is 22.2. The number of carbonyl (C=O) groups excluding carboxylic acids is 1. The van der Waals surface area contributed by atoms with Gasteiger partial charge in [-0.15, -0.1) is 0 Å². The van der Waals surface area contributed by atoms with Crippen molar-refractivity contribution in [3.63, 3.8) is 0 Å². The van der Waals surface area contributed by atoms with E-state index < -0.39 is 15.9 Å². The van der Waals surface area contributed by atoms with Crippen molar-refractivity contribution in [2.75, 3.05) is 10.8 Å². The summed E-state index contributed by atoms with van der Waals surface area (Å²) in [5, 5.41) is 3.38. The molecule has 30 heavy (non-hydrogen) atoms. The molecule has 3 rings (SSSR count). The van der Waals surface area contributed by atoms with Gasteiger partial charge in [0.15, 0.2) is 0 Å². The molecule has 0 aliphatic heterocycles. The number of nitrogens with zero attached hydrogens (tertiary/aromatic N) is 1.